The van der Waals surface area contributed by atoms with Gasteiger partial charge >= 0.3 is 5.97 Å². The number of ether oxygens (including phenoxy) is 1. The first-order valence-electron chi connectivity index (χ1n) is 4.03. The van der Waals surface area contributed by atoms with E-state index in [-0.39, 0.29) is 0 Å². The van der Waals surface area contributed by atoms with Crippen molar-refractivity contribution in [3.8, 4) is 0 Å². The van der Waals surface area contributed by atoms with Crippen molar-refractivity contribution in [2.24, 2.45) is 0 Å². The van der Waals surface area contributed by atoms with E-state index in [1.54, 1.807) is 7.11 Å². The minimum Gasteiger partial charge on any atom is -0.480 e. The Morgan fingerprint density at radius 1 is 1.54 bits per heavy atom. The molecule has 0 saturated carbocycles. The van der Waals surface area contributed by atoms with Gasteiger partial charge in [-0.3, -0.25) is 9.00 Å². The summed E-state index contributed by atoms with van der Waals surface area (Å²) in [5.74, 6) is -0.657. The third-order valence-electron chi connectivity index (χ3n) is 1.76. The van der Waals surface area contributed by atoms with Crippen molar-refractivity contribution in [2.45, 2.75) is 25.0 Å². The zero-order chi connectivity index (χ0) is 10.5. The van der Waals surface area contributed by atoms with Crippen LogP contribution in [0.15, 0.2) is 0 Å². The van der Waals surface area contributed by atoms with Gasteiger partial charge in [-0.15, -0.1) is 0 Å². The topological polar surface area (TPSA) is 63.6 Å². The quantitative estimate of drug-likeness (QED) is 0.650. The van der Waals surface area contributed by atoms with Crippen molar-refractivity contribution >= 4 is 16.8 Å². The Hall–Kier alpha value is -0.420. The van der Waals surface area contributed by atoms with Crippen LogP contribution in [0.25, 0.3) is 0 Å². The summed E-state index contributed by atoms with van der Waals surface area (Å²) in [4.78, 5) is 10.7. The Labute approximate surface area is 80.7 Å². The van der Waals surface area contributed by atoms with Gasteiger partial charge < -0.3 is 9.84 Å². The molecule has 0 bridgehead atoms. The van der Waals surface area contributed by atoms with E-state index in [0.717, 1.165) is 0 Å². The van der Waals surface area contributed by atoms with E-state index in [4.69, 9.17) is 9.84 Å². The number of hydrogen-bond acceptors (Lipinski definition) is 3. The third-order valence-corrected chi connectivity index (χ3v) is 3.73. The maximum Gasteiger partial charge on any atom is 0.321 e. The smallest absolute Gasteiger partial charge is 0.321 e. The highest BCUT2D eigenvalue weighted by Crippen LogP contribution is 2.13. The number of aliphatic carboxylic acids is 1. The minimum absolute atomic E-state index is 0.368. The molecule has 1 unspecified atom stereocenters. The highest BCUT2D eigenvalue weighted by molar-refractivity contribution is 7.87. The van der Waals surface area contributed by atoms with Crippen molar-refractivity contribution in [3.63, 3.8) is 0 Å². The van der Waals surface area contributed by atoms with Crippen LogP contribution in [0.5, 0.6) is 0 Å². The largest absolute Gasteiger partial charge is 0.480 e. The number of rotatable bonds is 6. The molecule has 0 aliphatic carbocycles. The fourth-order valence-electron chi connectivity index (χ4n) is 0.687. The van der Waals surface area contributed by atoms with Crippen LogP contribution in [0, 0.1) is 0 Å². The molecule has 0 spiro atoms. The number of hydrogen-bond donors (Lipinski definition) is 1. The van der Waals surface area contributed by atoms with Gasteiger partial charge in [-0.1, -0.05) is 0 Å². The zero-order valence-corrected chi connectivity index (χ0v) is 9.02. The van der Waals surface area contributed by atoms with E-state index in [0.29, 0.717) is 18.8 Å². The lowest BCUT2D eigenvalue weighted by Gasteiger charge is -2.17. The molecule has 0 aliphatic heterocycles. The SMILES string of the molecule is COCCCS(=O)C(C)(C)C(=O)O. The second-order valence-electron chi connectivity index (χ2n) is 3.21. The lowest BCUT2D eigenvalue weighted by Crippen LogP contribution is -2.37. The van der Waals surface area contributed by atoms with E-state index in [1.807, 2.05) is 0 Å². The summed E-state index contributed by atoms with van der Waals surface area (Å²) in [5, 5.41) is 8.74. The standard InChI is InChI=1S/C8H16O4S/c1-8(2,7(9)10)13(11)6-4-5-12-3/h4-6H2,1-3H3,(H,9,10). The summed E-state index contributed by atoms with van der Waals surface area (Å²) in [6, 6.07) is 0. The summed E-state index contributed by atoms with van der Waals surface area (Å²) in [5.41, 5.74) is 0. The predicted molar refractivity (Wildman–Crippen MR) is 51.2 cm³/mol. The Morgan fingerprint density at radius 2 is 2.08 bits per heavy atom. The maximum atomic E-state index is 11.5. The molecule has 78 valence electrons. The molecule has 0 rings (SSSR count). The Kier molecular flexibility index (Phi) is 5.17. The van der Waals surface area contributed by atoms with Gasteiger partial charge in [0.2, 0.25) is 0 Å². The highest BCUT2D eigenvalue weighted by Gasteiger charge is 2.33. The van der Waals surface area contributed by atoms with Crippen LogP contribution < -0.4 is 0 Å². The number of carbonyl (C=O) groups is 1. The summed E-state index contributed by atoms with van der Waals surface area (Å²) in [6.45, 7) is 3.46. The van der Waals surface area contributed by atoms with Gasteiger partial charge in [-0.05, 0) is 20.3 Å². The Morgan fingerprint density at radius 3 is 2.46 bits per heavy atom. The molecular weight excluding hydrogens is 192 g/mol. The van der Waals surface area contributed by atoms with Crippen LogP contribution >= 0.6 is 0 Å². The summed E-state index contributed by atoms with van der Waals surface area (Å²) < 4.78 is 15.1. The number of carboxylic acids is 1. The van der Waals surface area contributed by atoms with Crippen LogP contribution in [0.2, 0.25) is 0 Å². The fourth-order valence-corrected chi connectivity index (χ4v) is 1.77. The van der Waals surface area contributed by atoms with E-state index < -0.39 is 21.5 Å². The highest BCUT2D eigenvalue weighted by atomic mass is 32.2. The molecule has 0 aliphatic rings. The van der Waals surface area contributed by atoms with Gasteiger partial charge in [-0.25, -0.2) is 0 Å². The molecule has 5 heteroatoms. The normalized spacial score (nSPS) is 14.1. The minimum atomic E-state index is -1.34. The number of methoxy groups -OCH3 is 1. The van der Waals surface area contributed by atoms with E-state index in [9.17, 15) is 9.00 Å². The second kappa shape index (κ2) is 5.34. The van der Waals surface area contributed by atoms with Gasteiger partial charge in [0, 0.05) is 30.3 Å². The molecule has 0 saturated heterocycles. The molecule has 0 amide bonds. The Balaban J connectivity index is 4.03. The van der Waals surface area contributed by atoms with E-state index in [1.165, 1.54) is 13.8 Å². The van der Waals surface area contributed by atoms with Crippen molar-refractivity contribution in [3.05, 3.63) is 0 Å². The van der Waals surface area contributed by atoms with Crippen LogP contribution in [-0.2, 0) is 20.3 Å². The average Bonchev–Trinajstić information content (AvgIpc) is 2.04. The van der Waals surface area contributed by atoms with Crippen molar-refractivity contribution in [2.75, 3.05) is 19.5 Å². The van der Waals surface area contributed by atoms with Crippen LogP contribution in [0.1, 0.15) is 20.3 Å². The van der Waals surface area contributed by atoms with Crippen molar-refractivity contribution < 1.29 is 18.8 Å². The third kappa shape index (κ3) is 3.87. The Bertz CT molecular complexity index is 200. The summed E-state index contributed by atoms with van der Waals surface area (Å²) in [6.07, 6.45) is 0.625. The van der Waals surface area contributed by atoms with E-state index in [2.05, 4.69) is 0 Å². The molecular formula is C8H16O4S. The molecule has 0 aromatic carbocycles. The first-order chi connectivity index (χ1) is 5.92. The molecule has 13 heavy (non-hydrogen) atoms. The van der Waals surface area contributed by atoms with Crippen molar-refractivity contribution in [1.29, 1.82) is 0 Å². The lowest BCUT2D eigenvalue weighted by atomic mass is 10.2. The average molecular weight is 208 g/mol. The molecule has 0 heterocycles. The van der Waals surface area contributed by atoms with Gasteiger partial charge in [0.25, 0.3) is 0 Å². The molecule has 1 atom stereocenters. The maximum absolute atomic E-state index is 11.5. The predicted octanol–water partition coefficient (Wildman–Crippen LogP) is 0.635. The molecule has 0 aromatic heterocycles. The van der Waals surface area contributed by atoms with Crippen LogP contribution in [-0.4, -0.2) is 39.5 Å². The molecule has 1 N–H and O–H groups in total. The fraction of sp³-hybridized carbons (Fsp3) is 0.875. The summed E-state index contributed by atoms with van der Waals surface area (Å²) >= 11 is 0. The summed E-state index contributed by atoms with van der Waals surface area (Å²) in [7, 11) is 0.219. The van der Waals surface area contributed by atoms with Crippen molar-refractivity contribution in [1.82, 2.24) is 0 Å². The molecule has 4 nitrogen and oxygen atoms in total. The van der Waals surface area contributed by atoms with Gasteiger partial charge in [0.05, 0.1) is 0 Å². The molecule has 0 aromatic rings. The van der Waals surface area contributed by atoms with Gasteiger partial charge in [0.1, 0.15) is 4.75 Å². The first kappa shape index (κ1) is 12.6. The first-order valence-corrected chi connectivity index (χ1v) is 5.35. The molecule has 0 radical (unpaired) electrons. The van der Waals surface area contributed by atoms with Crippen LogP contribution in [0.4, 0.5) is 0 Å². The lowest BCUT2D eigenvalue weighted by molar-refractivity contribution is -0.139. The zero-order valence-electron chi connectivity index (χ0n) is 8.20. The van der Waals surface area contributed by atoms with E-state index >= 15 is 0 Å². The van der Waals surface area contributed by atoms with Crippen LogP contribution in [0.3, 0.4) is 0 Å². The monoisotopic (exact) mass is 208 g/mol. The second-order valence-corrected chi connectivity index (χ2v) is 5.33. The molecule has 0 fully saturated rings. The van der Waals surface area contributed by atoms with Gasteiger partial charge in [-0.2, -0.15) is 0 Å². The number of carboxylic acid groups (broad SMARTS) is 1. The van der Waals surface area contributed by atoms with Gasteiger partial charge in [0.15, 0.2) is 0 Å².